The largest absolute Gasteiger partial charge is 0.497 e. The van der Waals surface area contributed by atoms with Gasteiger partial charge in [0.15, 0.2) is 5.43 Å². The first kappa shape index (κ1) is 12.5. The Bertz CT molecular complexity index is 788. The molecule has 0 saturated heterocycles. The molecule has 0 aliphatic carbocycles. The van der Waals surface area contributed by atoms with Crippen molar-refractivity contribution in [2.75, 3.05) is 7.11 Å². The predicted molar refractivity (Wildman–Crippen MR) is 80.4 cm³/mol. The molecule has 0 aliphatic heterocycles. The van der Waals surface area contributed by atoms with E-state index in [0.29, 0.717) is 6.42 Å². The van der Waals surface area contributed by atoms with Crippen molar-refractivity contribution in [3.05, 3.63) is 76.1 Å². The summed E-state index contributed by atoms with van der Waals surface area (Å²) in [6, 6.07) is 17.1. The van der Waals surface area contributed by atoms with Crippen LogP contribution >= 0.6 is 0 Å². The Labute approximate surface area is 116 Å². The number of para-hydroxylation sites is 1. The normalized spacial score (nSPS) is 10.7. The van der Waals surface area contributed by atoms with Crippen LogP contribution in [0.5, 0.6) is 5.75 Å². The number of benzene rings is 2. The average molecular weight is 265 g/mol. The number of nitrogens with one attached hydrogen (secondary N) is 1. The van der Waals surface area contributed by atoms with Crippen molar-refractivity contribution in [3.63, 3.8) is 0 Å². The van der Waals surface area contributed by atoms with Crippen LogP contribution in [0, 0.1) is 0 Å². The minimum Gasteiger partial charge on any atom is -0.497 e. The second-order valence-corrected chi connectivity index (χ2v) is 4.73. The highest BCUT2D eigenvalue weighted by Gasteiger charge is 2.03. The van der Waals surface area contributed by atoms with E-state index < -0.39 is 0 Å². The first-order valence-electron chi connectivity index (χ1n) is 6.50. The first-order chi connectivity index (χ1) is 9.76. The molecule has 1 N–H and O–H groups in total. The summed E-state index contributed by atoms with van der Waals surface area (Å²) in [4.78, 5) is 15.4. The summed E-state index contributed by atoms with van der Waals surface area (Å²) in [5, 5.41) is 0.728. The van der Waals surface area contributed by atoms with E-state index in [1.54, 1.807) is 13.2 Å². The van der Waals surface area contributed by atoms with E-state index in [4.69, 9.17) is 4.74 Å². The van der Waals surface area contributed by atoms with Crippen molar-refractivity contribution < 1.29 is 4.74 Å². The maximum absolute atomic E-state index is 12.1. The van der Waals surface area contributed by atoms with Crippen molar-refractivity contribution in [1.82, 2.24) is 4.98 Å². The standard InChI is InChI=1S/C17H15NO2/c1-20-14-8-6-12(7-9-14)10-13-11-17(19)15-4-2-3-5-16(15)18-13/h2-9,11H,10H2,1H3,(H,18,19). The van der Waals surface area contributed by atoms with Crippen LogP contribution in [-0.2, 0) is 6.42 Å². The molecular formula is C17H15NO2. The second kappa shape index (κ2) is 5.21. The average Bonchev–Trinajstić information content (AvgIpc) is 2.48. The summed E-state index contributed by atoms with van der Waals surface area (Å²) in [6.45, 7) is 0. The lowest BCUT2D eigenvalue weighted by atomic mass is 10.1. The Morgan fingerprint density at radius 3 is 2.55 bits per heavy atom. The van der Waals surface area contributed by atoms with Gasteiger partial charge in [-0.25, -0.2) is 0 Å². The monoisotopic (exact) mass is 265 g/mol. The van der Waals surface area contributed by atoms with Crippen LogP contribution in [0.15, 0.2) is 59.4 Å². The number of fused-ring (bicyclic) bond motifs is 1. The van der Waals surface area contributed by atoms with Gasteiger partial charge in [-0.2, -0.15) is 0 Å². The predicted octanol–water partition coefficient (Wildman–Crippen LogP) is 3.13. The van der Waals surface area contributed by atoms with E-state index >= 15 is 0 Å². The maximum Gasteiger partial charge on any atom is 0.189 e. The molecule has 0 radical (unpaired) electrons. The fourth-order valence-electron chi connectivity index (χ4n) is 2.31. The third-order valence-corrected chi connectivity index (χ3v) is 3.35. The van der Waals surface area contributed by atoms with Gasteiger partial charge in [0.25, 0.3) is 0 Å². The van der Waals surface area contributed by atoms with Crippen LogP contribution in [0.1, 0.15) is 11.3 Å². The van der Waals surface area contributed by atoms with Gasteiger partial charge in [0.05, 0.1) is 7.11 Å². The van der Waals surface area contributed by atoms with E-state index in [-0.39, 0.29) is 5.43 Å². The van der Waals surface area contributed by atoms with Crippen LogP contribution in [0.2, 0.25) is 0 Å². The number of rotatable bonds is 3. The number of methoxy groups -OCH3 is 1. The molecule has 0 bridgehead atoms. The number of hydrogen-bond acceptors (Lipinski definition) is 2. The molecule has 0 atom stereocenters. The highest BCUT2D eigenvalue weighted by molar-refractivity contribution is 5.78. The summed E-state index contributed by atoms with van der Waals surface area (Å²) in [5.74, 6) is 0.834. The van der Waals surface area contributed by atoms with Crippen LogP contribution in [0.4, 0.5) is 0 Å². The zero-order chi connectivity index (χ0) is 13.9. The van der Waals surface area contributed by atoms with Crippen LogP contribution in [0.3, 0.4) is 0 Å². The van der Waals surface area contributed by atoms with E-state index in [0.717, 1.165) is 27.9 Å². The van der Waals surface area contributed by atoms with Crippen LogP contribution in [-0.4, -0.2) is 12.1 Å². The number of aromatic nitrogens is 1. The first-order valence-corrected chi connectivity index (χ1v) is 6.50. The number of ether oxygens (including phenoxy) is 1. The van der Waals surface area contributed by atoms with E-state index in [1.165, 1.54) is 0 Å². The van der Waals surface area contributed by atoms with Crippen molar-refractivity contribution >= 4 is 10.9 Å². The highest BCUT2D eigenvalue weighted by Crippen LogP contribution is 2.15. The summed E-state index contributed by atoms with van der Waals surface area (Å²) in [7, 11) is 1.65. The van der Waals surface area contributed by atoms with E-state index in [2.05, 4.69) is 4.98 Å². The second-order valence-electron chi connectivity index (χ2n) is 4.73. The number of pyridine rings is 1. The van der Waals surface area contributed by atoms with Crippen LogP contribution < -0.4 is 10.2 Å². The Morgan fingerprint density at radius 1 is 1.05 bits per heavy atom. The molecule has 2 aromatic carbocycles. The lowest BCUT2D eigenvalue weighted by Gasteiger charge is -2.06. The number of aromatic amines is 1. The molecule has 0 aliphatic rings. The zero-order valence-electron chi connectivity index (χ0n) is 11.2. The molecule has 0 fully saturated rings. The third kappa shape index (κ3) is 2.43. The Balaban J connectivity index is 1.96. The van der Waals surface area contributed by atoms with Gasteiger partial charge in [0, 0.05) is 29.1 Å². The van der Waals surface area contributed by atoms with Crippen molar-refractivity contribution in [3.8, 4) is 5.75 Å². The number of hydrogen-bond donors (Lipinski definition) is 1. The molecule has 1 aromatic heterocycles. The molecule has 0 unspecified atom stereocenters. The van der Waals surface area contributed by atoms with Gasteiger partial charge >= 0.3 is 0 Å². The topological polar surface area (TPSA) is 42.1 Å². The molecule has 3 rings (SSSR count). The maximum atomic E-state index is 12.1. The molecule has 1 heterocycles. The lowest BCUT2D eigenvalue weighted by molar-refractivity contribution is 0.414. The fourth-order valence-corrected chi connectivity index (χ4v) is 2.31. The minimum atomic E-state index is 0.0582. The third-order valence-electron chi connectivity index (χ3n) is 3.35. The molecule has 3 aromatic rings. The Kier molecular flexibility index (Phi) is 3.25. The zero-order valence-corrected chi connectivity index (χ0v) is 11.2. The SMILES string of the molecule is COc1ccc(Cc2cc(=O)c3ccccc3[nH]2)cc1. The molecule has 20 heavy (non-hydrogen) atoms. The van der Waals surface area contributed by atoms with E-state index in [9.17, 15) is 4.79 Å². The van der Waals surface area contributed by atoms with Crippen molar-refractivity contribution in [2.24, 2.45) is 0 Å². The van der Waals surface area contributed by atoms with Gasteiger partial charge in [-0.05, 0) is 29.8 Å². The fraction of sp³-hybridized carbons (Fsp3) is 0.118. The summed E-state index contributed by atoms with van der Waals surface area (Å²) < 4.78 is 5.14. The van der Waals surface area contributed by atoms with E-state index in [1.807, 2.05) is 48.5 Å². The molecule has 100 valence electrons. The van der Waals surface area contributed by atoms with Gasteiger partial charge in [-0.1, -0.05) is 24.3 Å². The minimum absolute atomic E-state index is 0.0582. The highest BCUT2D eigenvalue weighted by atomic mass is 16.5. The van der Waals surface area contributed by atoms with Gasteiger partial charge < -0.3 is 9.72 Å². The quantitative estimate of drug-likeness (QED) is 0.790. The molecule has 3 nitrogen and oxygen atoms in total. The summed E-state index contributed by atoms with van der Waals surface area (Å²) >= 11 is 0. The molecule has 0 spiro atoms. The smallest absolute Gasteiger partial charge is 0.189 e. The van der Waals surface area contributed by atoms with Crippen LogP contribution in [0.25, 0.3) is 10.9 Å². The van der Waals surface area contributed by atoms with Gasteiger partial charge in [-0.15, -0.1) is 0 Å². The van der Waals surface area contributed by atoms with Crippen molar-refractivity contribution in [1.29, 1.82) is 0 Å². The van der Waals surface area contributed by atoms with Gasteiger partial charge in [-0.3, -0.25) is 4.79 Å². The number of H-pyrrole nitrogens is 1. The summed E-state index contributed by atoms with van der Waals surface area (Å²) in [6.07, 6.45) is 0.698. The lowest BCUT2D eigenvalue weighted by Crippen LogP contribution is -2.05. The van der Waals surface area contributed by atoms with Gasteiger partial charge in [0.1, 0.15) is 5.75 Å². The Hall–Kier alpha value is -2.55. The summed E-state index contributed by atoms with van der Waals surface area (Å²) in [5.41, 5.74) is 2.99. The Morgan fingerprint density at radius 2 is 1.80 bits per heavy atom. The molecule has 0 saturated carbocycles. The molecular weight excluding hydrogens is 250 g/mol. The van der Waals surface area contributed by atoms with Gasteiger partial charge in [0.2, 0.25) is 0 Å². The van der Waals surface area contributed by atoms with Crippen molar-refractivity contribution in [2.45, 2.75) is 6.42 Å². The molecule has 0 amide bonds. The molecule has 3 heteroatoms.